The number of carbonyl (C=O) groups is 1. The number of rotatable bonds is 10. The Bertz CT molecular complexity index is 1180. The van der Waals surface area contributed by atoms with Crippen molar-refractivity contribution < 1.29 is 13.9 Å². The molecular formula is C27H32N2O4. The molecule has 3 aromatic rings. The molecule has 2 heterocycles. The van der Waals surface area contributed by atoms with Gasteiger partial charge in [-0.2, -0.15) is 0 Å². The third-order valence-electron chi connectivity index (χ3n) is 6.37. The Balaban J connectivity index is 1.79. The van der Waals surface area contributed by atoms with E-state index in [9.17, 15) is 9.59 Å². The van der Waals surface area contributed by atoms with Gasteiger partial charge in [-0.05, 0) is 49.3 Å². The van der Waals surface area contributed by atoms with Crippen LogP contribution in [-0.4, -0.2) is 48.5 Å². The van der Waals surface area contributed by atoms with E-state index in [0.29, 0.717) is 29.7 Å². The molecule has 0 saturated heterocycles. The molecule has 174 valence electrons. The number of nitrogens with zero attached hydrogens (tertiary/aromatic N) is 2. The first-order valence-electron chi connectivity index (χ1n) is 11.9. The van der Waals surface area contributed by atoms with Crippen LogP contribution in [-0.2, 0) is 0 Å². The average Bonchev–Trinajstić information content (AvgIpc) is 3.12. The molecule has 33 heavy (non-hydrogen) atoms. The quantitative estimate of drug-likeness (QED) is 0.415. The summed E-state index contributed by atoms with van der Waals surface area (Å²) in [5.74, 6) is 0.665. The van der Waals surface area contributed by atoms with Gasteiger partial charge in [0.05, 0.1) is 23.6 Å². The van der Waals surface area contributed by atoms with Crippen LogP contribution in [0.2, 0.25) is 0 Å². The normalized spacial score (nSPS) is 15.5. The number of unbranched alkanes of at least 4 members (excludes halogenated alkanes) is 1. The van der Waals surface area contributed by atoms with Crippen LogP contribution >= 0.6 is 0 Å². The summed E-state index contributed by atoms with van der Waals surface area (Å²) in [5.41, 5.74) is 1.57. The van der Waals surface area contributed by atoms with Crippen LogP contribution in [0.15, 0.2) is 57.7 Å². The highest BCUT2D eigenvalue weighted by Gasteiger charge is 2.42. The zero-order valence-corrected chi connectivity index (χ0v) is 19.7. The minimum Gasteiger partial charge on any atom is -0.494 e. The van der Waals surface area contributed by atoms with Crippen LogP contribution < -0.4 is 10.2 Å². The zero-order chi connectivity index (χ0) is 23.4. The molecule has 2 aromatic carbocycles. The molecule has 6 heteroatoms. The number of fused-ring (bicyclic) bond motifs is 2. The van der Waals surface area contributed by atoms with E-state index in [0.717, 1.165) is 43.8 Å². The number of ether oxygens (including phenoxy) is 1. The molecule has 1 aliphatic heterocycles. The largest absolute Gasteiger partial charge is 0.494 e. The SMILES string of the molecule is CCCCOc1cccc(C2c3c(oc4ccccc4c3=O)C(=O)N2CCN(CC)CC)c1. The number of para-hydroxylation sites is 1. The monoisotopic (exact) mass is 448 g/mol. The number of amides is 1. The molecule has 1 aliphatic rings. The summed E-state index contributed by atoms with van der Waals surface area (Å²) < 4.78 is 11.9. The first-order chi connectivity index (χ1) is 16.1. The van der Waals surface area contributed by atoms with Gasteiger partial charge in [-0.25, -0.2) is 0 Å². The predicted octanol–water partition coefficient (Wildman–Crippen LogP) is 4.86. The number of likely N-dealkylation sites (N-methyl/N-ethyl adjacent to an activating group) is 1. The molecule has 1 atom stereocenters. The van der Waals surface area contributed by atoms with Crippen LogP contribution in [0.5, 0.6) is 5.75 Å². The lowest BCUT2D eigenvalue weighted by Crippen LogP contribution is -2.37. The van der Waals surface area contributed by atoms with E-state index in [-0.39, 0.29) is 17.1 Å². The van der Waals surface area contributed by atoms with E-state index < -0.39 is 6.04 Å². The van der Waals surface area contributed by atoms with E-state index in [4.69, 9.17) is 9.15 Å². The first-order valence-corrected chi connectivity index (χ1v) is 11.9. The summed E-state index contributed by atoms with van der Waals surface area (Å²) in [6.07, 6.45) is 2.03. The fraction of sp³-hybridized carbons (Fsp3) is 0.407. The van der Waals surface area contributed by atoms with Gasteiger partial charge in [0.15, 0.2) is 5.43 Å². The Labute approximate surface area is 194 Å². The summed E-state index contributed by atoms with van der Waals surface area (Å²) in [5, 5.41) is 0.495. The van der Waals surface area contributed by atoms with E-state index in [1.54, 1.807) is 17.0 Å². The molecule has 0 fully saturated rings. The second-order valence-corrected chi connectivity index (χ2v) is 8.37. The third kappa shape index (κ3) is 4.53. The second-order valence-electron chi connectivity index (χ2n) is 8.37. The van der Waals surface area contributed by atoms with Crippen molar-refractivity contribution in [2.45, 2.75) is 39.7 Å². The number of benzene rings is 2. The van der Waals surface area contributed by atoms with Crippen LogP contribution in [0, 0.1) is 0 Å². The Morgan fingerprint density at radius 1 is 1.03 bits per heavy atom. The Kier molecular flexibility index (Phi) is 7.14. The molecule has 1 unspecified atom stereocenters. The van der Waals surface area contributed by atoms with Crippen LogP contribution in [0.3, 0.4) is 0 Å². The average molecular weight is 449 g/mol. The summed E-state index contributed by atoms with van der Waals surface area (Å²) in [7, 11) is 0. The standard InChI is InChI=1S/C27H32N2O4/c1-4-7-17-32-20-12-10-11-19(18-20)24-23-25(30)21-13-8-9-14-22(21)33-26(23)27(31)29(24)16-15-28(5-2)6-3/h8-14,18,24H,4-7,15-17H2,1-3H3. The van der Waals surface area contributed by atoms with E-state index in [1.807, 2.05) is 36.4 Å². The fourth-order valence-corrected chi connectivity index (χ4v) is 4.44. The lowest BCUT2D eigenvalue weighted by molar-refractivity contribution is 0.0708. The van der Waals surface area contributed by atoms with Gasteiger partial charge in [0.25, 0.3) is 5.91 Å². The predicted molar refractivity (Wildman–Crippen MR) is 130 cm³/mol. The summed E-state index contributed by atoms with van der Waals surface area (Å²) in [4.78, 5) is 31.1. The summed E-state index contributed by atoms with van der Waals surface area (Å²) >= 11 is 0. The van der Waals surface area contributed by atoms with Crippen molar-refractivity contribution in [2.75, 3.05) is 32.8 Å². The van der Waals surface area contributed by atoms with Crippen molar-refractivity contribution >= 4 is 16.9 Å². The highest BCUT2D eigenvalue weighted by atomic mass is 16.5. The Hall–Kier alpha value is -3.12. The molecule has 4 rings (SSSR count). The van der Waals surface area contributed by atoms with E-state index in [1.165, 1.54) is 0 Å². The molecule has 6 nitrogen and oxygen atoms in total. The molecular weight excluding hydrogens is 416 g/mol. The van der Waals surface area contributed by atoms with Gasteiger partial charge in [0.1, 0.15) is 11.3 Å². The van der Waals surface area contributed by atoms with Gasteiger partial charge >= 0.3 is 0 Å². The summed E-state index contributed by atoms with van der Waals surface area (Å²) in [6.45, 7) is 10.0. The Morgan fingerprint density at radius 3 is 2.58 bits per heavy atom. The van der Waals surface area contributed by atoms with Gasteiger partial charge < -0.3 is 19.0 Å². The molecule has 1 aromatic heterocycles. The van der Waals surface area contributed by atoms with E-state index >= 15 is 0 Å². The van der Waals surface area contributed by atoms with E-state index in [2.05, 4.69) is 25.7 Å². The molecule has 0 radical (unpaired) electrons. The molecule has 0 N–H and O–H groups in total. The maximum atomic E-state index is 13.6. The third-order valence-corrected chi connectivity index (χ3v) is 6.37. The van der Waals surface area contributed by atoms with Crippen molar-refractivity contribution in [3.8, 4) is 5.75 Å². The lowest BCUT2D eigenvalue weighted by Gasteiger charge is -2.28. The first kappa shape index (κ1) is 23.1. The zero-order valence-electron chi connectivity index (χ0n) is 19.7. The number of carbonyl (C=O) groups excluding carboxylic acids is 1. The van der Waals surface area contributed by atoms with Crippen molar-refractivity contribution in [3.63, 3.8) is 0 Å². The van der Waals surface area contributed by atoms with Crippen LogP contribution in [0.1, 0.15) is 61.3 Å². The topological polar surface area (TPSA) is 63.0 Å². The maximum absolute atomic E-state index is 13.6. The highest BCUT2D eigenvalue weighted by Crippen LogP contribution is 2.38. The Morgan fingerprint density at radius 2 is 1.82 bits per heavy atom. The van der Waals surface area contributed by atoms with Gasteiger partial charge in [-0.3, -0.25) is 9.59 Å². The van der Waals surface area contributed by atoms with Crippen molar-refractivity contribution in [1.82, 2.24) is 9.80 Å². The van der Waals surface area contributed by atoms with Gasteiger partial charge in [-0.1, -0.05) is 51.5 Å². The minimum atomic E-state index is -0.501. The smallest absolute Gasteiger partial charge is 0.290 e. The van der Waals surface area contributed by atoms with Crippen molar-refractivity contribution in [3.05, 3.63) is 75.6 Å². The van der Waals surface area contributed by atoms with Crippen molar-refractivity contribution in [2.24, 2.45) is 0 Å². The molecule has 0 bridgehead atoms. The van der Waals surface area contributed by atoms with Gasteiger partial charge in [0.2, 0.25) is 5.76 Å². The number of hydrogen-bond acceptors (Lipinski definition) is 5. The summed E-state index contributed by atoms with van der Waals surface area (Å²) in [6, 6.07) is 14.4. The second kappa shape index (κ2) is 10.2. The van der Waals surface area contributed by atoms with Crippen LogP contribution in [0.25, 0.3) is 11.0 Å². The lowest BCUT2D eigenvalue weighted by atomic mass is 9.98. The number of hydrogen-bond donors (Lipinski definition) is 0. The van der Waals surface area contributed by atoms with Gasteiger partial charge in [0, 0.05) is 13.1 Å². The molecule has 1 amide bonds. The highest BCUT2D eigenvalue weighted by molar-refractivity contribution is 5.99. The minimum absolute atomic E-state index is 0.146. The molecule has 0 saturated carbocycles. The maximum Gasteiger partial charge on any atom is 0.290 e. The van der Waals surface area contributed by atoms with Gasteiger partial charge in [-0.15, -0.1) is 0 Å². The molecule has 0 aliphatic carbocycles. The fourth-order valence-electron chi connectivity index (χ4n) is 4.44. The van der Waals surface area contributed by atoms with Crippen molar-refractivity contribution in [1.29, 1.82) is 0 Å². The molecule has 0 spiro atoms. The van der Waals surface area contributed by atoms with Crippen LogP contribution in [0.4, 0.5) is 0 Å².